The Kier molecular flexibility index (Phi) is 2.42. The van der Waals surface area contributed by atoms with Crippen molar-refractivity contribution >= 4 is 32.8 Å². The van der Waals surface area contributed by atoms with E-state index in [1.165, 1.54) is 17.1 Å². The molecular weight excluding hydrogens is 194 g/mol. The average Bonchev–Trinajstić information content (AvgIpc) is 2.74. The van der Waals surface area contributed by atoms with Crippen molar-refractivity contribution in [2.75, 3.05) is 0 Å². The summed E-state index contributed by atoms with van der Waals surface area (Å²) in [5.41, 5.74) is 0. The molecule has 1 aliphatic heterocycles. The summed E-state index contributed by atoms with van der Waals surface area (Å²) in [7, 11) is 3.05. The first-order valence-electron chi connectivity index (χ1n) is 3.23. The summed E-state index contributed by atoms with van der Waals surface area (Å²) in [5, 5.41) is 15.9. The first-order valence-corrected chi connectivity index (χ1v) is 5.38. The summed E-state index contributed by atoms with van der Waals surface area (Å²) in [6, 6.07) is 0. The molecule has 0 spiro atoms. The smallest absolute Gasteiger partial charge is 0.194 e. The van der Waals surface area contributed by atoms with Gasteiger partial charge in [-0.1, -0.05) is 0 Å². The number of hydrogen-bond acceptors (Lipinski definition) is 6. The van der Waals surface area contributed by atoms with Crippen molar-refractivity contribution < 1.29 is 0 Å². The van der Waals surface area contributed by atoms with Crippen LogP contribution in [0.3, 0.4) is 0 Å². The standard InChI is InChI=1S/C5H5N5S2/c1-2-7-9-4(1)11-12-5-6-3-8-10-5/h2-3H,1H2,(H,6,8,10). The molecule has 1 aromatic rings. The van der Waals surface area contributed by atoms with Crippen molar-refractivity contribution in [1.82, 2.24) is 15.2 Å². The Morgan fingerprint density at radius 3 is 3.08 bits per heavy atom. The number of nitrogens with one attached hydrogen (secondary N) is 1. The lowest BCUT2D eigenvalue weighted by molar-refractivity contribution is 0.979. The fourth-order valence-electron chi connectivity index (χ4n) is 0.638. The maximum Gasteiger partial charge on any atom is 0.194 e. The Labute approximate surface area is 76.5 Å². The average molecular weight is 199 g/mol. The van der Waals surface area contributed by atoms with Gasteiger partial charge in [0.05, 0.1) is 0 Å². The minimum atomic E-state index is 0.787. The largest absolute Gasteiger partial charge is 0.254 e. The molecule has 62 valence electrons. The molecule has 2 heterocycles. The van der Waals surface area contributed by atoms with Crippen LogP contribution in [-0.4, -0.2) is 26.4 Å². The Hall–Kier alpha value is -0.820. The molecule has 0 radical (unpaired) electrons. The molecule has 5 nitrogen and oxygen atoms in total. The fraction of sp³-hybridized carbons (Fsp3) is 0.200. The van der Waals surface area contributed by atoms with Crippen LogP contribution in [0.4, 0.5) is 0 Å². The van der Waals surface area contributed by atoms with E-state index >= 15 is 0 Å². The summed E-state index contributed by atoms with van der Waals surface area (Å²) in [5.74, 6) is 0. The Balaban J connectivity index is 1.83. The van der Waals surface area contributed by atoms with Gasteiger partial charge in [-0.25, -0.2) is 4.98 Å². The van der Waals surface area contributed by atoms with Crippen molar-refractivity contribution in [2.45, 2.75) is 11.6 Å². The lowest BCUT2D eigenvalue weighted by Crippen LogP contribution is -1.83. The second kappa shape index (κ2) is 3.72. The van der Waals surface area contributed by atoms with Crippen LogP contribution in [0, 0.1) is 0 Å². The molecule has 2 rings (SSSR count). The van der Waals surface area contributed by atoms with E-state index in [1.807, 2.05) is 0 Å². The van der Waals surface area contributed by atoms with Gasteiger partial charge in [-0.3, -0.25) is 5.10 Å². The molecule has 1 aromatic heterocycles. The number of aromatic amines is 1. The predicted molar refractivity (Wildman–Crippen MR) is 50.4 cm³/mol. The third kappa shape index (κ3) is 1.86. The molecule has 0 atom stereocenters. The third-order valence-corrected chi connectivity index (χ3v) is 3.31. The van der Waals surface area contributed by atoms with Crippen molar-refractivity contribution in [3.05, 3.63) is 6.33 Å². The van der Waals surface area contributed by atoms with Gasteiger partial charge in [0.25, 0.3) is 0 Å². The summed E-state index contributed by atoms with van der Waals surface area (Å²) in [6.45, 7) is 0. The summed E-state index contributed by atoms with van der Waals surface area (Å²) < 4.78 is 0. The van der Waals surface area contributed by atoms with E-state index in [9.17, 15) is 0 Å². The minimum absolute atomic E-state index is 0.787. The zero-order valence-corrected chi connectivity index (χ0v) is 7.60. The molecule has 7 heteroatoms. The number of nitrogens with zero attached hydrogens (tertiary/aromatic N) is 4. The summed E-state index contributed by atoms with van der Waals surface area (Å²) in [4.78, 5) is 3.96. The lowest BCUT2D eigenvalue weighted by atomic mass is 10.5. The molecule has 0 bridgehead atoms. The molecule has 0 aliphatic carbocycles. The predicted octanol–water partition coefficient (Wildman–Crippen LogP) is 1.33. The van der Waals surface area contributed by atoms with Crippen molar-refractivity contribution in [3.8, 4) is 0 Å². The van der Waals surface area contributed by atoms with Crippen LogP contribution in [0.1, 0.15) is 6.42 Å². The maximum atomic E-state index is 3.96. The van der Waals surface area contributed by atoms with E-state index in [0.717, 1.165) is 16.6 Å². The Morgan fingerprint density at radius 1 is 1.42 bits per heavy atom. The van der Waals surface area contributed by atoms with Crippen LogP contribution < -0.4 is 0 Å². The molecule has 0 aromatic carbocycles. The Bertz CT molecular complexity index is 304. The highest BCUT2D eigenvalue weighted by atomic mass is 33.1. The summed E-state index contributed by atoms with van der Waals surface area (Å²) in [6.07, 6.45) is 4.09. The maximum absolute atomic E-state index is 3.96. The van der Waals surface area contributed by atoms with Gasteiger partial charge in [0.15, 0.2) is 5.16 Å². The first-order chi connectivity index (χ1) is 5.95. The normalized spacial score (nSPS) is 15.2. The quantitative estimate of drug-likeness (QED) is 0.730. The van der Waals surface area contributed by atoms with Gasteiger partial charge in [-0.05, 0) is 21.6 Å². The van der Waals surface area contributed by atoms with Crippen LogP contribution in [0.15, 0.2) is 21.7 Å². The monoisotopic (exact) mass is 199 g/mol. The Morgan fingerprint density at radius 2 is 2.42 bits per heavy atom. The number of aromatic nitrogens is 3. The zero-order valence-electron chi connectivity index (χ0n) is 5.97. The second-order valence-electron chi connectivity index (χ2n) is 1.95. The third-order valence-electron chi connectivity index (χ3n) is 1.13. The molecular formula is C5H5N5S2. The van der Waals surface area contributed by atoms with E-state index in [4.69, 9.17) is 0 Å². The van der Waals surface area contributed by atoms with E-state index in [-0.39, 0.29) is 0 Å². The molecule has 12 heavy (non-hydrogen) atoms. The molecule has 0 amide bonds. The van der Waals surface area contributed by atoms with Crippen molar-refractivity contribution in [3.63, 3.8) is 0 Å². The SMILES string of the molecule is C1=NN=C(SSc2ncn[nH]2)C1. The van der Waals surface area contributed by atoms with E-state index < -0.39 is 0 Å². The van der Waals surface area contributed by atoms with Crippen molar-refractivity contribution in [1.29, 1.82) is 0 Å². The summed E-state index contributed by atoms with van der Waals surface area (Å²) >= 11 is 0. The van der Waals surface area contributed by atoms with Crippen LogP contribution in [0.2, 0.25) is 0 Å². The van der Waals surface area contributed by atoms with E-state index in [1.54, 1.807) is 17.0 Å². The minimum Gasteiger partial charge on any atom is -0.254 e. The number of rotatable bonds is 2. The lowest BCUT2D eigenvalue weighted by Gasteiger charge is -1.92. The van der Waals surface area contributed by atoms with Gasteiger partial charge in [-0.2, -0.15) is 10.2 Å². The fourth-order valence-corrected chi connectivity index (χ4v) is 2.29. The number of H-pyrrole nitrogens is 1. The molecule has 0 saturated heterocycles. The molecule has 1 N–H and O–H groups in total. The molecule has 0 saturated carbocycles. The van der Waals surface area contributed by atoms with Gasteiger partial charge in [0, 0.05) is 12.6 Å². The number of hydrogen-bond donors (Lipinski definition) is 1. The van der Waals surface area contributed by atoms with E-state index in [2.05, 4.69) is 25.4 Å². The van der Waals surface area contributed by atoms with Crippen LogP contribution in [-0.2, 0) is 0 Å². The van der Waals surface area contributed by atoms with Gasteiger partial charge >= 0.3 is 0 Å². The van der Waals surface area contributed by atoms with Crippen LogP contribution in [0.25, 0.3) is 0 Å². The van der Waals surface area contributed by atoms with Gasteiger partial charge < -0.3 is 0 Å². The van der Waals surface area contributed by atoms with E-state index in [0.29, 0.717) is 0 Å². The highest BCUT2D eigenvalue weighted by molar-refractivity contribution is 8.82. The van der Waals surface area contributed by atoms with Gasteiger partial charge in [-0.15, -0.1) is 5.10 Å². The second-order valence-corrected chi connectivity index (χ2v) is 4.14. The van der Waals surface area contributed by atoms with Gasteiger partial charge in [0.2, 0.25) is 0 Å². The highest BCUT2D eigenvalue weighted by Crippen LogP contribution is 2.30. The van der Waals surface area contributed by atoms with Crippen molar-refractivity contribution in [2.24, 2.45) is 10.2 Å². The molecule has 1 aliphatic rings. The first kappa shape index (κ1) is 7.81. The van der Waals surface area contributed by atoms with Gasteiger partial charge in [0.1, 0.15) is 11.4 Å². The topological polar surface area (TPSA) is 66.3 Å². The van der Waals surface area contributed by atoms with Crippen LogP contribution >= 0.6 is 21.6 Å². The zero-order chi connectivity index (χ0) is 8.23. The highest BCUT2D eigenvalue weighted by Gasteiger charge is 2.05. The molecule has 0 unspecified atom stereocenters. The van der Waals surface area contributed by atoms with Crippen LogP contribution in [0.5, 0.6) is 0 Å². The molecule has 0 fully saturated rings.